The average molecular weight is 485 g/mol. The van der Waals surface area contributed by atoms with E-state index in [1.807, 2.05) is 0 Å². The minimum atomic E-state index is -1.19. The molecular formula is C23H36O9Si. The quantitative estimate of drug-likeness (QED) is 0.136. The Balaban J connectivity index is 2.18. The van der Waals surface area contributed by atoms with E-state index in [-0.39, 0.29) is 43.4 Å². The van der Waals surface area contributed by atoms with Crippen LogP contribution >= 0.6 is 0 Å². The minimum absolute atomic E-state index is 0.0492. The molecule has 0 bridgehead atoms. The number of rotatable bonds is 13. The molecule has 1 aliphatic heterocycles. The Morgan fingerprint density at radius 2 is 1.91 bits per heavy atom. The lowest BCUT2D eigenvalue weighted by Crippen LogP contribution is -2.23. The van der Waals surface area contributed by atoms with Crippen LogP contribution < -0.4 is 10.4 Å². The molecule has 0 aliphatic carbocycles. The van der Waals surface area contributed by atoms with Gasteiger partial charge in [-0.2, -0.15) is 0 Å². The van der Waals surface area contributed by atoms with Crippen molar-refractivity contribution in [3.8, 4) is 5.75 Å². The maximum Gasteiger partial charge on any atom is 0.345 e. The van der Waals surface area contributed by atoms with Crippen LogP contribution in [0.15, 0.2) is 15.3 Å². The second-order valence-corrected chi connectivity index (χ2v) is 14.5. The number of carbonyl (C=O) groups excluding carboxylic acids is 1. The molecule has 0 amide bonds. The van der Waals surface area contributed by atoms with Crippen molar-refractivity contribution in [1.82, 2.24) is 0 Å². The van der Waals surface area contributed by atoms with Crippen molar-refractivity contribution in [2.75, 3.05) is 34.2 Å². The molecule has 186 valence electrons. The normalized spacial score (nSPS) is 16.8. The molecule has 1 saturated heterocycles. The van der Waals surface area contributed by atoms with Gasteiger partial charge in [0.05, 0.1) is 33.0 Å². The molecule has 2 rings (SSSR count). The van der Waals surface area contributed by atoms with Crippen LogP contribution in [0.25, 0.3) is 6.08 Å². The summed E-state index contributed by atoms with van der Waals surface area (Å²) in [6.45, 7) is 8.13. The van der Waals surface area contributed by atoms with Crippen LogP contribution in [-0.2, 0) is 41.7 Å². The summed E-state index contributed by atoms with van der Waals surface area (Å²) in [4.78, 5) is 24.2. The summed E-state index contributed by atoms with van der Waals surface area (Å²) in [6.07, 6.45) is 4.96. The fourth-order valence-electron chi connectivity index (χ4n) is 3.12. The Morgan fingerprint density at radius 3 is 2.55 bits per heavy atom. The maximum atomic E-state index is 12.7. The predicted octanol–water partition coefficient (Wildman–Crippen LogP) is 3.71. The van der Waals surface area contributed by atoms with E-state index < -0.39 is 19.7 Å². The van der Waals surface area contributed by atoms with Gasteiger partial charge in [0.15, 0.2) is 6.29 Å². The largest absolute Gasteiger partial charge is 0.496 e. The van der Waals surface area contributed by atoms with Gasteiger partial charge in [-0.05, 0) is 31.4 Å². The van der Waals surface area contributed by atoms with E-state index in [4.69, 9.17) is 28.1 Å². The zero-order valence-corrected chi connectivity index (χ0v) is 21.3. The second kappa shape index (κ2) is 13.7. The molecule has 0 aromatic carbocycles. The number of esters is 1. The lowest BCUT2D eigenvalue weighted by atomic mass is 10.1. The van der Waals surface area contributed by atoms with Gasteiger partial charge in [0, 0.05) is 27.4 Å². The standard InChI is InChI=1S/C23H36O9Si/c1-26-20(24)10-9-19-17(15-31-21-8-6-7-11-30-21)22(27-2)18(23(25)32-19)14-29-16-28-12-13-33(3,4)5/h9-10,21H,6-8,11-16H2,1-5H3/b10-9+. The zero-order valence-electron chi connectivity index (χ0n) is 20.3. The molecule has 10 heteroatoms. The summed E-state index contributed by atoms with van der Waals surface area (Å²) in [5.74, 6) is -0.149. The first-order valence-electron chi connectivity index (χ1n) is 11.1. The molecule has 9 nitrogen and oxygen atoms in total. The number of hydrogen-bond acceptors (Lipinski definition) is 9. The molecule has 1 fully saturated rings. The van der Waals surface area contributed by atoms with Crippen molar-refractivity contribution in [3.63, 3.8) is 0 Å². The summed E-state index contributed by atoms with van der Waals surface area (Å²) < 4.78 is 38.3. The summed E-state index contributed by atoms with van der Waals surface area (Å²) in [5, 5.41) is 0. The molecule has 0 radical (unpaired) electrons. The first kappa shape index (κ1) is 27.3. The van der Waals surface area contributed by atoms with Crippen molar-refractivity contribution in [3.05, 3.63) is 33.4 Å². The summed E-state index contributed by atoms with van der Waals surface area (Å²) >= 11 is 0. The SMILES string of the molecule is COC(=O)/C=C/c1oc(=O)c(COCOCC[Si](C)(C)C)c(OC)c1COC1CCCCO1. The Hall–Kier alpha value is -1.98. The summed E-state index contributed by atoms with van der Waals surface area (Å²) in [6, 6.07) is 1.02. The summed E-state index contributed by atoms with van der Waals surface area (Å²) in [7, 11) is 1.53. The Kier molecular flexibility index (Phi) is 11.3. The molecule has 1 atom stereocenters. The van der Waals surface area contributed by atoms with Gasteiger partial charge < -0.3 is 32.8 Å². The highest BCUT2D eigenvalue weighted by atomic mass is 28.3. The predicted molar refractivity (Wildman–Crippen MR) is 125 cm³/mol. The van der Waals surface area contributed by atoms with Gasteiger partial charge in [0.1, 0.15) is 23.9 Å². The fraction of sp³-hybridized carbons (Fsp3) is 0.652. The van der Waals surface area contributed by atoms with Crippen LogP contribution in [0.4, 0.5) is 0 Å². The van der Waals surface area contributed by atoms with E-state index in [0.29, 0.717) is 18.8 Å². The van der Waals surface area contributed by atoms with Crippen LogP contribution in [0.5, 0.6) is 5.75 Å². The van der Waals surface area contributed by atoms with Crippen molar-refractivity contribution < 1.29 is 37.6 Å². The van der Waals surface area contributed by atoms with Gasteiger partial charge in [0.25, 0.3) is 0 Å². The van der Waals surface area contributed by atoms with Gasteiger partial charge in [-0.1, -0.05) is 19.6 Å². The molecule has 0 N–H and O–H groups in total. The van der Waals surface area contributed by atoms with Gasteiger partial charge in [0.2, 0.25) is 0 Å². The van der Waals surface area contributed by atoms with Gasteiger partial charge >= 0.3 is 11.6 Å². The topological polar surface area (TPSA) is 103 Å². The van der Waals surface area contributed by atoms with Gasteiger partial charge in [-0.15, -0.1) is 0 Å². The van der Waals surface area contributed by atoms with Gasteiger partial charge in [-0.3, -0.25) is 0 Å². The first-order valence-corrected chi connectivity index (χ1v) is 14.8. The third-order valence-electron chi connectivity index (χ3n) is 5.03. The van der Waals surface area contributed by atoms with Crippen LogP contribution in [0.3, 0.4) is 0 Å². The lowest BCUT2D eigenvalue weighted by molar-refractivity contribution is -0.169. The van der Waals surface area contributed by atoms with Crippen molar-refractivity contribution in [2.24, 2.45) is 0 Å². The first-order chi connectivity index (χ1) is 15.7. The highest BCUT2D eigenvalue weighted by molar-refractivity contribution is 6.76. The van der Waals surface area contributed by atoms with E-state index in [2.05, 4.69) is 24.4 Å². The lowest BCUT2D eigenvalue weighted by Gasteiger charge is -2.23. The molecule has 1 unspecified atom stereocenters. The third-order valence-corrected chi connectivity index (χ3v) is 6.74. The number of carbonyl (C=O) groups is 1. The van der Waals surface area contributed by atoms with E-state index in [1.54, 1.807) is 0 Å². The van der Waals surface area contributed by atoms with Crippen LogP contribution in [0.2, 0.25) is 25.7 Å². The second-order valence-electron chi connectivity index (χ2n) is 8.89. The van der Waals surface area contributed by atoms with E-state index in [0.717, 1.165) is 25.3 Å². The Morgan fingerprint density at radius 1 is 1.12 bits per heavy atom. The van der Waals surface area contributed by atoms with Crippen molar-refractivity contribution in [1.29, 1.82) is 0 Å². The van der Waals surface area contributed by atoms with E-state index in [1.165, 1.54) is 26.4 Å². The molecule has 0 saturated carbocycles. The third kappa shape index (κ3) is 9.42. The Bertz CT molecular complexity index is 836. The van der Waals surface area contributed by atoms with Crippen LogP contribution in [0, 0.1) is 0 Å². The fourth-order valence-corrected chi connectivity index (χ4v) is 3.88. The van der Waals surface area contributed by atoms with Gasteiger partial charge in [-0.25, -0.2) is 9.59 Å². The number of ether oxygens (including phenoxy) is 6. The monoisotopic (exact) mass is 484 g/mol. The van der Waals surface area contributed by atoms with E-state index >= 15 is 0 Å². The minimum Gasteiger partial charge on any atom is -0.496 e. The zero-order chi connectivity index (χ0) is 24.3. The summed E-state index contributed by atoms with van der Waals surface area (Å²) in [5.41, 5.74) is 0.0606. The molecular weight excluding hydrogens is 448 g/mol. The smallest absolute Gasteiger partial charge is 0.345 e. The highest BCUT2D eigenvalue weighted by Crippen LogP contribution is 2.28. The Labute approximate surface area is 195 Å². The molecule has 1 aromatic heterocycles. The molecule has 0 spiro atoms. The highest BCUT2D eigenvalue weighted by Gasteiger charge is 2.23. The molecule has 1 aliphatic rings. The molecule has 2 heterocycles. The molecule has 1 aromatic rings. The van der Waals surface area contributed by atoms with Crippen molar-refractivity contribution in [2.45, 2.75) is 64.5 Å². The van der Waals surface area contributed by atoms with Crippen LogP contribution in [-0.4, -0.2) is 54.6 Å². The average Bonchev–Trinajstić information content (AvgIpc) is 2.79. The number of hydrogen-bond donors (Lipinski definition) is 0. The van der Waals surface area contributed by atoms with Crippen LogP contribution in [0.1, 0.15) is 36.1 Å². The maximum absolute atomic E-state index is 12.7. The van der Waals surface area contributed by atoms with E-state index in [9.17, 15) is 9.59 Å². The van der Waals surface area contributed by atoms with Crippen molar-refractivity contribution >= 4 is 20.1 Å². The number of methoxy groups -OCH3 is 2. The molecule has 33 heavy (non-hydrogen) atoms.